The van der Waals surface area contributed by atoms with Gasteiger partial charge in [0.05, 0.1) is 0 Å². The zero-order valence-corrected chi connectivity index (χ0v) is 68.6. The third-order valence-corrected chi connectivity index (χ3v) is 22.3. The minimum Gasteiger partial charge on any atom is -0.165 e. The predicted molar refractivity (Wildman–Crippen MR) is 469 cm³/mol. The second kappa shape index (κ2) is 36.2. The molecule has 0 nitrogen and oxygen atoms in total. The summed E-state index contributed by atoms with van der Waals surface area (Å²) in [7, 11) is -0.741. The van der Waals surface area contributed by atoms with Crippen molar-refractivity contribution in [3.05, 3.63) is 325 Å². The van der Waals surface area contributed by atoms with Gasteiger partial charge in [0.25, 0.3) is 0 Å². The minimum atomic E-state index is -0.312. The van der Waals surface area contributed by atoms with Crippen LogP contribution in [-0.4, -0.2) is 111 Å². The van der Waals surface area contributed by atoms with E-state index in [0.29, 0.717) is 0 Å². The van der Waals surface area contributed by atoms with E-state index in [0.717, 1.165) is 12.8 Å². The standard InChI is InChI=1S/C18H19Si.C17H17Si.C16H15Si.C16H15.C15H13.C14H11.3Mg/c1-19(2)11-5-6-14-12-16-10-9-15-7-3-4-8-17(15)18(16)13-14;1-18(2)10-9-13-11-15-8-7-14-5-3-4-6-16(14)17(15)12-13;1-17(2)11-12-9-14-8-7-13-5-3-4-6-15(13)16(14)10-12;1-2-5-12-10-14-9-8-13-6-3-4-7-15(13)16(14)11-12;1-2-11-9-13-8-7-12-5-3-4-6-14(12)15(13)10-11;1-10-8-12-7-6-11-4-2-3-5-13(11)14(12)9-10;;;/h3-4,7-13H,5-6H2,1-2H3;3-8,10-12H,9H2,1-2H3;3-11H,1-2H3;3-4,6-11H,2,5H2,1H3;3-10H,2H2,1H3;2-9H,1H3;;;/q6*-1;3*+2. The predicted octanol–water partition coefficient (Wildman–Crippen LogP) is 25.2. The average Bonchev–Trinajstić information content (AvgIpc) is 1.68. The molecule has 0 amide bonds. The van der Waals surface area contributed by atoms with E-state index < -0.39 is 0 Å². The van der Waals surface area contributed by atoms with Gasteiger partial charge in [0.1, 0.15) is 0 Å². The molecule has 18 aromatic carbocycles. The van der Waals surface area contributed by atoms with Gasteiger partial charge in [-0.25, -0.2) is 0 Å². The van der Waals surface area contributed by atoms with Crippen molar-refractivity contribution in [1.82, 2.24) is 0 Å². The molecule has 0 radical (unpaired) electrons. The van der Waals surface area contributed by atoms with E-state index in [1.807, 2.05) is 0 Å². The first-order valence-electron chi connectivity index (χ1n) is 35.7. The molecule has 0 aliphatic carbocycles. The summed E-state index contributed by atoms with van der Waals surface area (Å²) in [5.41, 5.74) is 15.9. The number of hydrogen-bond donors (Lipinski definition) is 0. The fourth-order valence-corrected chi connectivity index (χ4v) is 16.6. The van der Waals surface area contributed by atoms with Gasteiger partial charge in [-0.2, -0.15) is 30.3 Å². The summed E-state index contributed by atoms with van der Waals surface area (Å²) >= 11 is 0. The van der Waals surface area contributed by atoms with Crippen molar-refractivity contribution >= 4 is 241 Å². The molecule has 0 spiro atoms. The monoisotopic (exact) mass is 1400 g/mol. The van der Waals surface area contributed by atoms with E-state index in [2.05, 4.69) is 368 Å². The van der Waals surface area contributed by atoms with Crippen molar-refractivity contribution in [2.24, 2.45) is 0 Å². The molecule has 0 bridgehead atoms. The van der Waals surface area contributed by atoms with Gasteiger partial charge in [0, 0.05) is 0 Å². The maximum absolute atomic E-state index is 2.50. The first kappa shape index (κ1) is 77.0. The molecule has 492 valence electrons. The summed E-state index contributed by atoms with van der Waals surface area (Å²) in [6.07, 6.45) is 7.03. The Labute approximate surface area is 657 Å². The third-order valence-electron chi connectivity index (χ3n) is 19.2. The molecule has 18 rings (SSSR count). The van der Waals surface area contributed by atoms with Gasteiger partial charge in [-0.3, -0.25) is 0 Å². The Morgan fingerprint density at radius 1 is 0.284 bits per heavy atom. The first-order valence-corrected chi connectivity index (χ1v) is 43.4. The first-order chi connectivity index (χ1) is 48.3. The molecule has 0 aliphatic rings. The number of aryl methyl sites for hydroxylation is 4. The van der Waals surface area contributed by atoms with Crippen molar-refractivity contribution in [3.63, 3.8) is 0 Å². The summed E-state index contributed by atoms with van der Waals surface area (Å²) in [4.78, 5) is 0. The Morgan fingerprint density at radius 2 is 0.578 bits per heavy atom. The molecular weight excluding hydrogens is 1310 g/mol. The number of rotatable bonds is 9. The molecule has 0 heterocycles. The van der Waals surface area contributed by atoms with E-state index in [1.165, 1.54) is 188 Å². The van der Waals surface area contributed by atoms with Crippen LogP contribution >= 0.6 is 0 Å². The molecule has 0 fully saturated rings. The topological polar surface area (TPSA) is 0 Å². The fourth-order valence-electron chi connectivity index (χ4n) is 14.4. The summed E-state index contributed by atoms with van der Waals surface area (Å²) < 4.78 is 0. The maximum Gasteiger partial charge on any atom is 2.00 e. The van der Waals surface area contributed by atoms with Crippen molar-refractivity contribution in [1.29, 1.82) is 0 Å². The van der Waals surface area contributed by atoms with Gasteiger partial charge < -0.3 is 0 Å². The van der Waals surface area contributed by atoms with Crippen LogP contribution in [0, 0.1) is 6.92 Å². The number of fused-ring (bicyclic) bond motifs is 18. The number of hydrogen-bond acceptors (Lipinski definition) is 0. The van der Waals surface area contributed by atoms with Gasteiger partial charge >= 0.3 is 69.2 Å². The van der Waals surface area contributed by atoms with Crippen LogP contribution in [0.25, 0.3) is 129 Å². The van der Waals surface area contributed by atoms with Crippen LogP contribution in [0.3, 0.4) is 0 Å². The molecule has 0 aliphatic heterocycles. The van der Waals surface area contributed by atoms with Crippen LogP contribution in [0.2, 0.25) is 39.3 Å². The van der Waals surface area contributed by atoms with Crippen LogP contribution in [0.15, 0.2) is 291 Å². The van der Waals surface area contributed by atoms with Crippen LogP contribution in [-0.2, 0) is 25.7 Å². The Hall–Kier alpha value is -7.58. The van der Waals surface area contributed by atoms with Crippen LogP contribution in [0.1, 0.15) is 60.1 Å². The Bertz CT molecular complexity index is 5930. The molecule has 18 aromatic rings. The number of benzene rings is 12. The largest absolute Gasteiger partial charge is 2.00 e. The second-order valence-electron chi connectivity index (χ2n) is 27.6. The normalized spacial score (nSPS) is 10.8. The smallest absolute Gasteiger partial charge is 0.165 e. The SMILES string of the molecule is CCCc1cc2ccc3ccccc3c2[cH-]1.CCc1cc2ccc3ccccc3c2[cH-]1.C[Si](C)=CCCc1cc2ccc3ccccc3c2[cH-]1.C[Si](C)=CCc1cc2ccc3ccccc3c2[cH-]1.C[Si](C)=Cc1cc2ccc3ccccc3c2[cH-]1.Cc1cc2ccc3ccccc3c2[cH-]1.[Mg+2].[Mg+2].[Mg+2]. The summed E-state index contributed by atoms with van der Waals surface area (Å²) in [5, 5.41) is 32.8. The Balaban J connectivity index is 0.000000131. The molecular formula is C96H90Mg3Si3. The molecule has 0 saturated carbocycles. The molecule has 0 saturated heterocycles. The summed E-state index contributed by atoms with van der Waals surface area (Å²) in [6.45, 7) is 20.6. The average molecular weight is 1400 g/mol. The van der Waals surface area contributed by atoms with E-state index in [-0.39, 0.29) is 94.4 Å². The van der Waals surface area contributed by atoms with Gasteiger partial charge in [-0.1, -0.05) is 319 Å². The van der Waals surface area contributed by atoms with Gasteiger partial charge in [-0.15, -0.1) is 188 Å². The molecule has 0 N–H and O–H groups in total. The van der Waals surface area contributed by atoms with Gasteiger partial charge in [-0.05, 0) is 57.3 Å². The summed E-state index contributed by atoms with van der Waals surface area (Å²) in [5.74, 6) is 0. The minimum absolute atomic E-state index is 0. The van der Waals surface area contributed by atoms with Gasteiger partial charge in [0.15, 0.2) is 0 Å². The molecule has 6 heteroatoms. The summed E-state index contributed by atoms with van der Waals surface area (Å²) in [6, 6.07) is 106. The molecule has 0 aromatic heterocycles. The van der Waals surface area contributed by atoms with Crippen LogP contribution in [0.4, 0.5) is 0 Å². The van der Waals surface area contributed by atoms with E-state index in [9.17, 15) is 0 Å². The van der Waals surface area contributed by atoms with Crippen molar-refractivity contribution in [2.45, 2.75) is 98.6 Å². The van der Waals surface area contributed by atoms with Crippen LogP contribution in [0.5, 0.6) is 0 Å². The van der Waals surface area contributed by atoms with Crippen molar-refractivity contribution < 1.29 is 0 Å². The zero-order chi connectivity index (χ0) is 68.4. The van der Waals surface area contributed by atoms with E-state index in [4.69, 9.17) is 0 Å². The molecule has 0 atom stereocenters. The maximum atomic E-state index is 2.50. The second-order valence-corrected chi connectivity index (χ2v) is 35.2. The van der Waals surface area contributed by atoms with E-state index in [1.54, 1.807) is 0 Å². The Morgan fingerprint density at radius 3 is 0.941 bits per heavy atom. The van der Waals surface area contributed by atoms with Gasteiger partial charge in [0.2, 0.25) is 0 Å². The quantitative estimate of drug-likeness (QED) is 0.0998. The van der Waals surface area contributed by atoms with E-state index >= 15 is 0 Å². The van der Waals surface area contributed by atoms with Crippen molar-refractivity contribution in [2.75, 3.05) is 0 Å². The molecule has 102 heavy (non-hydrogen) atoms. The Kier molecular flexibility index (Phi) is 27.4. The molecule has 0 unspecified atom stereocenters. The van der Waals surface area contributed by atoms with Crippen molar-refractivity contribution in [3.8, 4) is 0 Å². The third kappa shape index (κ3) is 18.5. The zero-order valence-electron chi connectivity index (χ0n) is 61.3. The fraction of sp³-hybridized carbons (Fsp3) is 0.156. The van der Waals surface area contributed by atoms with Crippen LogP contribution < -0.4 is 0 Å².